The number of aliphatic hydroxyl groups excluding tert-OH is 3. The molecule has 180 valence electrons. The maximum atomic E-state index is 12.7. The maximum Gasteiger partial charge on any atom is 0.262 e. The molecule has 2 saturated heterocycles. The lowest BCUT2D eigenvalue weighted by Gasteiger charge is -2.40. The first kappa shape index (κ1) is 24.1. The molecule has 2 fully saturated rings. The lowest BCUT2D eigenvalue weighted by Crippen LogP contribution is -2.63. The van der Waals surface area contributed by atoms with Gasteiger partial charge in [0.05, 0.1) is 19.3 Å². The number of anilines is 1. The van der Waals surface area contributed by atoms with Crippen molar-refractivity contribution in [1.29, 1.82) is 5.26 Å². The van der Waals surface area contributed by atoms with Crippen LogP contribution in [0.1, 0.15) is 18.9 Å². The van der Waals surface area contributed by atoms with Gasteiger partial charge in [0, 0.05) is 18.8 Å². The minimum atomic E-state index is -1.51. The Kier molecular flexibility index (Phi) is 7.46. The zero-order valence-corrected chi connectivity index (χ0v) is 18.9. The SMILES string of the molecule is CC[C@H]1OC(O)[C@H](NC(=O)/C(C#N)=C/c2ccc3cc(N4CCOCC4)ccc3c2)[C@@H](O)[C@@H]1O. The van der Waals surface area contributed by atoms with Gasteiger partial charge < -0.3 is 35.0 Å². The van der Waals surface area contributed by atoms with Crippen molar-refractivity contribution in [1.82, 2.24) is 5.32 Å². The van der Waals surface area contributed by atoms with E-state index in [1.807, 2.05) is 36.4 Å². The van der Waals surface area contributed by atoms with Crippen LogP contribution < -0.4 is 10.2 Å². The highest BCUT2D eigenvalue weighted by molar-refractivity contribution is 6.02. The third kappa shape index (κ3) is 5.06. The number of hydrogen-bond acceptors (Lipinski definition) is 8. The molecule has 4 rings (SSSR count). The van der Waals surface area contributed by atoms with E-state index < -0.39 is 36.6 Å². The number of rotatable bonds is 5. The first-order valence-corrected chi connectivity index (χ1v) is 11.4. The van der Waals surface area contributed by atoms with Crippen molar-refractivity contribution >= 4 is 28.4 Å². The topological polar surface area (TPSA) is 135 Å². The molecular formula is C25H29N3O6. The summed E-state index contributed by atoms with van der Waals surface area (Å²) in [4.78, 5) is 15.0. The second kappa shape index (κ2) is 10.5. The molecule has 0 bridgehead atoms. The Bertz CT molecular complexity index is 1110. The van der Waals surface area contributed by atoms with Crippen LogP contribution in [0.25, 0.3) is 16.8 Å². The molecular weight excluding hydrogens is 438 g/mol. The molecule has 34 heavy (non-hydrogen) atoms. The first-order valence-electron chi connectivity index (χ1n) is 11.4. The average molecular weight is 468 g/mol. The maximum absolute atomic E-state index is 12.7. The Morgan fingerprint density at radius 3 is 2.56 bits per heavy atom. The van der Waals surface area contributed by atoms with Gasteiger partial charge in [0.2, 0.25) is 0 Å². The average Bonchev–Trinajstić information content (AvgIpc) is 2.87. The monoisotopic (exact) mass is 467 g/mol. The van der Waals surface area contributed by atoms with Crippen molar-refractivity contribution in [2.45, 2.75) is 44.0 Å². The van der Waals surface area contributed by atoms with Crippen LogP contribution in [0.3, 0.4) is 0 Å². The largest absolute Gasteiger partial charge is 0.388 e. The Morgan fingerprint density at radius 1 is 1.15 bits per heavy atom. The number of carbonyl (C=O) groups excluding carboxylic acids is 1. The normalized spacial score (nSPS) is 27.9. The van der Waals surface area contributed by atoms with Gasteiger partial charge in [-0.15, -0.1) is 0 Å². The van der Waals surface area contributed by atoms with Gasteiger partial charge in [-0.25, -0.2) is 0 Å². The molecule has 0 aliphatic carbocycles. The van der Waals surface area contributed by atoms with Crippen LogP contribution in [0.15, 0.2) is 42.0 Å². The molecule has 2 aliphatic rings. The molecule has 4 N–H and O–H groups in total. The summed E-state index contributed by atoms with van der Waals surface area (Å²) in [5, 5.41) is 44.6. The highest BCUT2D eigenvalue weighted by atomic mass is 16.6. The van der Waals surface area contributed by atoms with Gasteiger partial charge in [-0.3, -0.25) is 4.79 Å². The van der Waals surface area contributed by atoms with Crippen molar-refractivity contribution in [3.63, 3.8) is 0 Å². The summed E-state index contributed by atoms with van der Waals surface area (Å²) in [6.45, 7) is 4.85. The van der Waals surface area contributed by atoms with Crippen LogP contribution in [0, 0.1) is 11.3 Å². The number of aliphatic hydroxyl groups is 3. The minimum absolute atomic E-state index is 0.198. The lowest BCUT2D eigenvalue weighted by atomic mass is 9.95. The van der Waals surface area contributed by atoms with Crippen LogP contribution >= 0.6 is 0 Å². The van der Waals surface area contributed by atoms with Gasteiger partial charge >= 0.3 is 0 Å². The van der Waals surface area contributed by atoms with Crippen LogP contribution in [0.5, 0.6) is 0 Å². The van der Waals surface area contributed by atoms with Gasteiger partial charge in [0.1, 0.15) is 29.9 Å². The van der Waals surface area contributed by atoms with E-state index in [1.54, 1.807) is 6.92 Å². The zero-order valence-electron chi connectivity index (χ0n) is 18.9. The Labute approximate surface area is 197 Å². The van der Waals surface area contributed by atoms with Crippen molar-refractivity contribution in [2.24, 2.45) is 0 Å². The zero-order chi connectivity index (χ0) is 24.2. The molecule has 0 saturated carbocycles. The number of nitrogens with zero attached hydrogens (tertiary/aromatic N) is 2. The number of benzene rings is 2. The number of hydrogen-bond donors (Lipinski definition) is 4. The molecule has 9 nitrogen and oxygen atoms in total. The van der Waals surface area contributed by atoms with E-state index in [1.165, 1.54) is 6.08 Å². The van der Waals surface area contributed by atoms with E-state index >= 15 is 0 Å². The molecule has 2 aliphatic heterocycles. The predicted molar refractivity (Wildman–Crippen MR) is 126 cm³/mol. The standard InChI is InChI=1S/C25H29N3O6/c1-2-20-22(29)23(30)21(25(32)34-20)27-24(31)18(14-26)12-15-3-4-17-13-19(6-5-16(17)11-15)28-7-9-33-10-8-28/h3-6,11-13,20-23,25,29-30,32H,2,7-10H2,1H3,(H,27,31)/b18-12+/t20-,21-,22-,23-,25?/m1/s1. The van der Waals surface area contributed by atoms with Crippen molar-refractivity contribution in [3.8, 4) is 6.07 Å². The fourth-order valence-corrected chi connectivity index (χ4v) is 4.34. The molecule has 5 atom stereocenters. The highest BCUT2D eigenvalue weighted by Crippen LogP contribution is 2.25. The third-order valence-electron chi connectivity index (χ3n) is 6.32. The molecule has 0 radical (unpaired) electrons. The third-order valence-corrected chi connectivity index (χ3v) is 6.32. The summed E-state index contributed by atoms with van der Waals surface area (Å²) < 4.78 is 10.7. The summed E-state index contributed by atoms with van der Waals surface area (Å²) >= 11 is 0. The van der Waals surface area contributed by atoms with Gasteiger partial charge in [-0.05, 0) is 47.0 Å². The van der Waals surface area contributed by atoms with E-state index in [2.05, 4.69) is 16.3 Å². The van der Waals surface area contributed by atoms with Crippen LogP contribution in [0.4, 0.5) is 5.69 Å². The van der Waals surface area contributed by atoms with Crippen LogP contribution in [-0.2, 0) is 14.3 Å². The number of nitriles is 1. The van der Waals surface area contributed by atoms with E-state index in [4.69, 9.17) is 9.47 Å². The number of ether oxygens (including phenoxy) is 2. The first-order chi connectivity index (χ1) is 16.4. The summed E-state index contributed by atoms with van der Waals surface area (Å²) in [6.07, 6.45) is -3.12. The second-order valence-electron chi connectivity index (χ2n) is 8.51. The summed E-state index contributed by atoms with van der Waals surface area (Å²) in [5.41, 5.74) is 1.58. The number of carbonyl (C=O) groups is 1. The minimum Gasteiger partial charge on any atom is -0.388 e. The van der Waals surface area contributed by atoms with E-state index in [-0.39, 0.29) is 5.57 Å². The Hall–Kier alpha value is -3.00. The second-order valence-corrected chi connectivity index (χ2v) is 8.51. The van der Waals surface area contributed by atoms with Gasteiger partial charge in [0.15, 0.2) is 6.29 Å². The van der Waals surface area contributed by atoms with Gasteiger partial charge in [-0.2, -0.15) is 5.26 Å². The quantitative estimate of drug-likeness (QED) is 0.377. The number of amides is 1. The molecule has 1 amide bonds. The smallest absolute Gasteiger partial charge is 0.262 e. The highest BCUT2D eigenvalue weighted by Gasteiger charge is 2.44. The van der Waals surface area contributed by atoms with E-state index in [9.17, 15) is 25.4 Å². The Morgan fingerprint density at radius 2 is 1.85 bits per heavy atom. The molecule has 2 aromatic carbocycles. The summed E-state index contributed by atoms with van der Waals surface area (Å²) in [7, 11) is 0. The van der Waals surface area contributed by atoms with Gasteiger partial charge in [0.25, 0.3) is 5.91 Å². The van der Waals surface area contributed by atoms with Crippen molar-refractivity contribution in [2.75, 3.05) is 31.2 Å². The fourth-order valence-electron chi connectivity index (χ4n) is 4.34. The summed E-state index contributed by atoms with van der Waals surface area (Å²) in [6, 6.07) is 12.4. The number of fused-ring (bicyclic) bond motifs is 1. The number of nitrogens with one attached hydrogen (secondary N) is 1. The fraction of sp³-hybridized carbons (Fsp3) is 0.440. The summed E-state index contributed by atoms with van der Waals surface area (Å²) in [5.74, 6) is -0.779. The molecule has 9 heteroatoms. The molecule has 0 spiro atoms. The van der Waals surface area contributed by atoms with Crippen molar-refractivity contribution in [3.05, 3.63) is 47.5 Å². The van der Waals surface area contributed by atoms with Crippen molar-refractivity contribution < 1.29 is 29.6 Å². The molecule has 2 heterocycles. The number of morpholine rings is 1. The molecule has 0 aromatic heterocycles. The van der Waals surface area contributed by atoms with Crippen LogP contribution in [-0.4, -0.2) is 78.2 Å². The van der Waals surface area contributed by atoms with Gasteiger partial charge in [-0.1, -0.05) is 25.1 Å². The Balaban J connectivity index is 1.50. The lowest BCUT2D eigenvalue weighted by molar-refractivity contribution is -0.247. The predicted octanol–water partition coefficient (Wildman–Crippen LogP) is 0.917. The van der Waals surface area contributed by atoms with Crippen LogP contribution in [0.2, 0.25) is 0 Å². The van der Waals surface area contributed by atoms with E-state index in [0.29, 0.717) is 25.2 Å². The van der Waals surface area contributed by atoms with E-state index in [0.717, 1.165) is 29.5 Å². The molecule has 2 aromatic rings. The molecule has 1 unspecified atom stereocenters.